The van der Waals surface area contributed by atoms with Crippen LogP contribution >= 0.6 is 0 Å². The SMILES string of the molecule is CN1CC(CC(=O)O)C(CC(=O)O)NC(CC(=O)O)C1CC(=O)O. The molecule has 1 fully saturated rings. The first-order valence-corrected chi connectivity index (χ1v) is 7.43. The molecule has 0 saturated carbocycles. The van der Waals surface area contributed by atoms with E-state index in [1.54, 1.807) is 11.9 Å². The van der Waals surface area contributed by atoms with E-state index in [1.165, 1.54) is 0 Å². The van der Waals surface area contributed by atoms with Gasteiger partial charge in [-0.25, -0.2) is 0 Å². The molecule has 1 saturated heterocycles. The monoisotopic (exact) mass is 346 g/mol. The van der Waals surface area contributed by atoms with E-state index in [9.17, 15) is 19.2 Å². The maximum absolute atomic E-state index is 11.1. The normalized spacial score (nSPS) is 28.0. The number of hydrogen-bond donors (Lipinski definition) is 5. The lowest BCUT2D eigenvalue weighted by atomic mass is 9.93. The Hall–Kier alpha value is -2.20. The van der Waals surface area contributed by atoms with Gasteiger partial charge < -0.3 is 30.6 Å². The molecule has 1 rings (SSSR count). The van der Waals surface area contributed by atoms with Crippen LogP contribution in [0.3, 0.4) is 0 Å². The molecule has 0 aliphatic carbocycles. The minimum atomic E-state index is -1.15. The zero-order valence-corrected chi connectivity index (χ0v) is 13.2. The molecule has 1 heterocycles. The number of aliphatic carboxylic acids is 4. The van der Waals surface area contributed by atoms with Crippen molar-refractivity contribution >= 4 is 23.9 Å². The van der Waals surface area contributed by atoms with Crippen molar-refractivity contribution in [2.24, 2.45) is 5.92 Å². The predicted molar refractivity (Wildman–Crippen MR) is 79.6 cm³/mol. The molecule has 0 radical (unpaired) electrons. The minimum Gasteiger partial charge on any atom is -0.481 e. The molecule has 10 nitrogen and oxygen atoms in total. The van der Waals surface area contributed by atoms with Gasteiger partial charge in [-0.05, 0) is 13.0 Å². The third kappa shape index (κ3) is 6.13. The van der Waals surface area contributed by atoms with Gasteiger partial charge in [-0.3, -0.25) is 19.2 Å². The number of carboxylic acid groups (broad SMARTS) is 4. The number of hydrogen-bond acceptors (Lipinski definition) is 6. The Morgan fingerprint density at radius 3 is 1.75 bits per heavy atom. The van der Waals surface area contributed by atoms with E-state index in [0.29, 0.717) is 0 Å². The highest BCUT2D eigenvalue weighted by molar-refractivity contribution is 5.71. The van der Waals surface area contributed by atoms with Gasteiger partial charge in [-0.2, -0.15) is 0 Å². The topological polar surface area (TPSA) is 164 Å². The van der Waals surface area contributed by atoms with E-state index >= 15 is 0 Å². The Bertz CT molecular complexity index is 509. The highest BCUT2D eigenvalue weighted by atomic mass is 16.4. The highest BCUT2D eigenvalue weighted by Crippen LogP contribution is 2.24. The number of likely N-dealkylation sites (N-methyl/N-ethyl adjacent to an activating group) is 1. The van der Waals surface area contributed by atoms with Crippen LogP contribution in [0.1, 0.15) is 25.7 Å². The lowest BCUT2D eigenvalue weighted by Crippen LogP contribution is -2.50. The van der Waals surface area contributed by atoms with Crippen LogP contribution in [0, 0.1) is 5.92 Å². The first-order valence-electron chi connectivity index (χ1n) is 7.43. The van der Waals surface area contributed by atoms with E-state index in [1.807, 2.05) is 0 Å². The summed E-state index contributed by atoms with van der Waals surface area (Å²) in [6, 6.07) is -2.25. The van der Waals surface area contributed by atoms with Crippen LogP contribution in [0.2, 0.25) is 0 Å². The molecule has 4 unspecified atom stereocenters. The molecule has 4 atom stereocenters. The number of nitrogens with zero attached hydrogens (tertiary/aromatic N) is 1. The fourth-order valence-corrected chi connectivity index (χ4v) is 3.17. The van der Waals surface area contributed by atoms with Crippen LogP contribution in [0.25, 0.3) is 0 Å². The predicted octanol–water partition coefficient (Wildman–Crippen LogP) is -0.858. The molecule has 1 aliphatic heterocycles. The van der Waals surface area contributed by atoms with Crippen LogP contribution in [-0.2, 0) is 19.2 Å². The Kier molecular flexibility index (Phi) is 7.11. The van der Waals surface area contributed by atoms with Gasteiger partial charge in [-0.15, -0.1) is 0 Å². The maximum Gasteiger partial charge on any atom is 0.304 e. The Labute approximate surface area is 138 Å². The summed E-state index contributed by atoms with van der Waals surface area (Å²) >= 11 is 0. The third-order valence-corrected chi connectivity index (χ3v) is 4.16. The summed E-state index contributed by atoms with van der Waals surface area (Å²) in [5, 5.41) is 39.1. The summed E-state index contributed by atoms with van der Waals surface area (Å²) in [6.45, 7) is 0.158. The van der Waals surface area contributed by atoms with Crippen molar-refractivity contribution < 1.29 is 39.6 Å². The largest absolute Gasteiger partial charge is 0.481 e. The van der Waals surface area contributed by atoms with Gasteiger partial charge in [0.25, 0.3) is 0 Å². The first-order chi connectivity index (χ1) is 11.1. The fraction of sp³-hybridized carbons (Fsp3) is 0.714. The highest BCUT2D eigenvalue weighted by Gasteiger charge is 2.39. The van der Waals surface area contributed by atoms with Crippen molar-refractivity contribution in [3.05, 3.63) is 0 Å². The Morgan fingerprint density at radius 1 is 0.833 bits per heavy atom. The Morgan fingerprint density at radius 2 is 1.29 bits per heavy atom. The molecular formula is C14H22N2O8. The lowest BCUT2D eigenvalue weighted by molar-refractivity contribution is -0.141. The van der Waals surface area contributed by atoms with E-state index < -0.39 is 54.3 Å². The molecule has 1 aliphatic rings. The number of nitrogens with one attached hydrogen (secondary N) is 1. The number of rotatable bonds is 8. The van der Waals surface area contributed by atoms with Crippen LogP contribution in [-0.4, -0.2) is 80.9 Å². The average molecular weight is 346 g/mol. The van der Waals surface area contributed by atoms with Crippen molar-refractivity contribution in [2.45, 2.75) is 43.8 Å². The standard InChI is InChI=1S/C14H22N2O8/c1-16-6-7(2-11(17)18)8(3-12(19)20)15-9(4-13(21)22)10(16)5-14(23)24/h7-10,15H,2-6H2,1H3,(H,17,18)(H,19,20)(H,21,22)(H,23,24). The van der Waals surface area contributed by atoms with E-state index in [-0.39, 0.29) is 25.8 Å². The molecular weight excluding hydrogens is 324 g/mol. The van der Waals surface area contributed by atoms with Gasteiger partial charge in [0, 0.05) is 24.7 Å². The molecule has 0 aromatic rings. The summed E-state index contributed by atoms with van der Waals surface area (Å²) in [6.07, 6.45) is -1.39. The van der Waals surface area contributed by atoms with E-state index in [2.05, 4.69) is 5.32 Å². The second kappa shape index (κ2) is 8.60. The second-order valence-electron chi connectivity index (χ2n) is 6.04. The smallest absolute Gasteiger partial charge is 0.304 e. The fourth-order valence-electron chi connectivity index (χ4n) is 3.17. The van der Waals surface area contributed by atoms with Crippen molar-refractivity contribution in [1.82, 2.24) is 10.2 Å². The lowest BCUT2D eigenvalue weighted by Gasteiger charge is -2.31. The minimum absolute atomic E-state index is 0.158. The number of carbonyl (C=O) groups is 4. The maximum atomic E-state index is 11.1. The third-order valence-electron chi connectivity index (χ3n) is 4.16. The summed E-state index contributed by atoms with van der Waals surface area (Å²) in [5.74, 6) is -5.09. The molecule has 5 N–H and O–H groups in total. The molecule has 136 valence electrons. The van der Waals surface area contributed by atoms with E-state index in [0.717, 1.165) is 0 Å². The van der Waals surface area contributed by atoms with Gasteiger partial charge in [0.2, 0.25) is 0 Å². The first kappa shape index (κ1) is 19.8. The number of carboxylic acids is 4. The van der Waals surface area contributed by atoms with Crippen molar-refractivity contribution in [2.75, 3.05) is 13.6 Å². The summed E-state index contributed by atoms with van der Waals surface area (Å²) in [5.41, 5.74) is 0. The van der Waals surface area contributed by atoms with Gasteiger partial charge in [0.15, 0.2) is 0 Å². The van der Waals surface area contributed by atoms with E-state index in [4.69, 9.17) is 20.4 Å². The quantitative estimate of drug-likeness (QED) is 0.373. The van der Waals surface area contributed by atoms with Crippen LogP contribution in [0.4, 0.5) is 0 Å². The van der Waals surface area contributed by atoms with Gasteiger partial charge in [-0.1, -0.05) is 0 Å². The van der Waals surface area contributed by atoms with Gasteiger partial charge in [0.1, 0.15) is 0 Å². The van der Waals surface area contributed by atoms with Crippen molar-refractivity contribution in [3.63, 3.8) is 0 Å². The summed E-state index contributed by atoms with van der Waals surface area (Å²) in [4.78, 5) is 45.9. The van der Waals surface area contributed by atoms with Crippen LogP contribution < -0.4 is 5.32 Å². The average Bonchev–Trinajstić information content (AvgIpc) is 2.49. The molecule has 0 aromatic carbocycles. The molecule has 24 heavy (non-hydrogen) atoms. The van der Waals surface area contributed by atoms with Crippen LogP contribution in [0.5, 0.6) is 0 Å². The summed E-state index contributed by atoms with van der Waals surface area (Å²) < 4.78 is 0. The second-order valence-corrected chi connectivity index (χ2v) is 6.04. The van der Waals surface area contributed by atoms with Crippen LogP contribution in [0.15, 0.2) is 0 Å². The zero-order chi connectivity index (χ0) is 18.4. The molecule has 0 spiro atoms. The van der Waals surface area contributed by atoms with Gasteiger partial charge >= 0.3 is 23.9 Å². The molecule has 0 aromatic heterocycles. The van der Waals surface area contributed by atoms with Crippen molar-refractivity contribution in [3.8, 4) is 0 Å². The van der Waals surface area contributed by atoms with Gasteiger partial charge in [0.05, 0.1) is 25.7 Å². The van der Waals surface area contributed by atoms with Crippen molar-refractivity contribution in [1.29, 1.82) is 0 Å². The zero-order valence-electron chi connectivity index (χ0n) is 13.2. The molecule has 0 bridgehead atoms. The summed E-state index contributed by atoms with van der Waals surface area (Å²) in [7, 11) is 1.59. The Balaban J connectivity index is 3.12. The molecule has 10 heteroatoms. The molecule has 0 amide bonds.